The molecule has 10 heavy (non-hydrogen) atoms. The van der Waals surface area contributed by atoms with Crippen LogP contribution in [0.25, 0.3) is 0 Å². The predicted octanol–water partition coefficient (Wildman–Crippen LogP) is -7.76. The SMILES string of the molecule is [Li+].[Li+].[O-]B([O-])OC(F)(F)F. The third-order valence-corrected chi connectivity index (χ3v) is 0.230. The molecule has 0 saturated heterocycles. The molecule has 0 spiro atoms. The molecule has 0 aromatic heterocycles. The maximum atomic E-state index is 10.7. The summed E-state index contributed by atoms with van der Waals surface area (Å²) in [5.41, 5.74) is 0. The van der Waals surface area contributed by atoms with E-state index in [1.165, 1.54) is 0 Å². The third kappa shape index (κ3) is 16.0. The third-order valence-electron chi connectivity index (χ3n) is 0.230. The maximum absolute atomic E-state index is 10.7. The molecule has 0 amide bonds. The van der Waals surface area contributed by atoms with Crippen LogP contribution in [0.2, 0.25) is 0 Å². The van der Waals surface area contributed by atoms with Crippen LogP contribution in [0.5, 0.6) is 0 Å². The first-order valence-corrected chi connectivity index (χ1v) is 1.48. The Bertz CT molecular complexity index is 76.6. The molecular weight excluding hydrogens is 142 g/mol. The summed E-state index contributed by atoms with van der Waals surface area (Å²) in [6.45, 7) is 0. The number of alkyl halides is 3. The Labute approximate surface area is 79.5 Å². The van der Waals surface area contributed by atoms with E-state index in [1.54, 1.807) is 0 Å². The van der Waals surface area contributed by atoms with Crippen molar-refractivity contribution in [2.75, 3.05) is 0 Å². The molecule has 0 atom stereocenters. The van der Waals surface area contributed by atoms with Gasteiger partial charge in [0.25, 0.3) is 0 Å². The van der Waals surface area contributed by atoms with Crippen molar-refractivity contribution in [3.8, 4) is 0 Å². The van der Waals surface area contributed by atoms with Crippen LogP contribution >= 0.6 is 0 Å². The minimum absolute atomic E-state index is 0. The Morgan fingerprint density at radius 1 is 1.10 bits per heavy atom. The van der Waals surface area contributed by atoms with Gasteiger partial charge in [-0.3, -0.25) is 0 Å². The zero-order chi connectivity index (χ0) is 6.78. The molecule has 0 fully saturated rings. The van der Waals surface area contributed by atoms with E-state index in [2.05, 4.69) is 4.65 Å². The van der Waals surface area contributed by atoms with Gasteiger partial charge < -0.3 is 14.7 Å². The Hall–Kier alpha value is 0.930. The van der Waals surface area contributed by atoms with Crippen molar-refractivity contribution in [1.29, 1.82) is 0 Å². The molecule has 0 aromatic carbocycles. The van der Waals surface area contributed by atoms with E-state index in [4.69, 9.17) is 10.0 Å². The largest absolute Gasteiger partial charge is 1.00 e. The summed E-state index contributed by atoms with van der Waals surface area (Å²) >= 11 is 0. The average molecular weight is 142 g/mol. The first-order valence-electron chi connectivity index (χ1n) is 1.48. The summed E-state index contributed by atoms with van der Waals surface area (Å²) in [5.74, 6) is 0. The summed E-state index contributed by atoms with van der Waals surface area (Å²) in [4.78, 5) is 0. The van der Waals surface area contributed by atoms with Crippen LogP contribution in [-0.4, -0.2) is 13.7 Å². The number of hydrogen-bond donors (Lipinski definition) is 0. The van der Waals surface area contributed by atoms with E-state index in [0.717, 1.165) is 0 Å². The Morgan fingerprint density at radius 3 is 1.40 bits per heavy atom. The van der Waals surface area contributed by atoms with Crippen LogP contribution in [0.1, 0.15) is 0 Å². The first-order chi connectivity index (χ1) is 3.42. The van der Waals surface area contributed by atoms with Crippen LogP contribution in [0.15, 0.2) is 0 Å². The quantitative estimate of drug-likeness (QED) is 0.341. The minimum Gasteiger partial charge on any atom is -0.870 e. The van der Waals surface area contributed by atoms with Crippen molar-refractivity contribution in [2.24, 2.45) is 0 Å². The van der Waals surface area contributed by atoms with Gasteiger partial charge in [-0.2, -0.15) is 0 Å². The van der Waals surface area contributed by atoms with E-state index in [9.17, 15) is 13.2 Å². The van der Waals surface area contributed by atoms with Crippen molar-refractivity contribution in [3.63, 3.8) is 0 Å². The van der Waals surface area contributed by atoms with Crippen LogP contribution in [0.4, 0.5) is 13.2 Å². The van der Waals surface area contributed by atoms with Gasteiger partial charge in [-0.1, -0.05) is 0 Å². The van der Waals surface area contributed by atoms with Gasteiger partial charge in [0.15, 0.2) is 0 Å². The normalized spacial score (nSPS) is 9.30. The topological polar surface area (TPSA) is 55.3 Å². The van der Waals surface area contributed by atoms with Crippen molar-refractivity contribution in [2.45, 2.75) is 6.36 Å². The second kappa shape index (κ2) is 6.63. The average Bonchev–Trinajstić information content (AvgIpc) is 1.21. The molecule has 0 aliphatic rings. The van der Waals surface area contributed by atoms with E-state index in [-0.39, 0.29) is 37.7 Å². The van der Waals surface area contributed by atoms with Gasteiger partial charge in [0.1, 0.15) is 0 Å². The molecular formula is CBF3Li2O3. The second-order valence-electron chi connectivity index (χ2n) is 0.852. The van der Waals surface area contributed by atoms with Crippen LogP contribution in [0.3, 0.4) is 0 Å². The molecule has 0 aliphatic carbocycles. The van der Waals surface area contributed by atoms with E-state index in [0.29, 0.717) is 0 Å². The van der Waals surface area contributed by atoms with Crippen molar-refractivity contribution < 1.29 is 65.6 Å². The predicted molar refractivity (Wildman–Crippen MR) is 12.9 cm³/mol. The van der Waals surface area contributed by atoms with E-state index < -0.39 is 13.7 Å². The maximum Gasteiger partial charge on any atom is 1.00 e. The zero-order valence-electron chi connectivity index (χ0n) is 5.44. The molecule has 0 aliphatic heterocycles. The molecule has 3 nitrogen and oxygen atoms in total. The van der Waals surface area contributed by atoms with Crippen molar-refractivity contribution >= 4 is 7.32 Å². The number of halogens is 3. The van der Waals surface area contributed by atoms with Gasteiger partial charge in [0.05, 0.1) is 7.32 Å². The summed E-state index contributed by atoms with van der Waals surface area (Å²) in [6, 6.07) is 0. The molecule has 0 heterocycles. The first kappa shape index (κ1) is 17.1. The summed E-state index contributed by atoms with van der Waals surface area (Å²) in [6.07, 6.45) is -5.10. The van der Waals surface area contributed by atoms with E-state index in [1.807, 2.05) is 0 Å². The van der Waals surface area contributed by atoms with E-state index >= 15 is 0 Å². The molecule has 0 saturated carbocycles. The number of rotatable bonds is 1. The Kier molecular flexibility index (Phi) is 11.4. The van der Waals surface area contributed by atoms with Gasteiger partial charge in [0.2, 0.25) is 0 Å². The van der Waals surface area contributed by atoms with Crippen LogP contribution < -0.4 is 47.8 Å². The van der Waals surface area contributed by atoms with Gasteiger partial charge in [-0.25, -0.2) is 0 Å². The van der Waals surface area contributed by atoms with Gasteiger partial charge in [-0.15, -0.1) is 13.2 Å². The van der Waals surface area contributed by atoms with Crippen LogP contribution in [-0.2, 0) is 4.65 Å². The summed E-state index contributed by atoms with van der Waals surface area (Å²) < 4.78 is 34.4. The summed E-state index contributed by atoms with van der Waals surface area (Å²) in [7, 11) is -3.28. The monoisotopic (exact) mass is 142 g/mol. The van der Waals surface area contributed by atoms with Crippen molar-refractivity contribution in [3.05, 3.63) is 0 Å². The molecule has 0 unspecified atom stereocenters. The smallest absolute Gasteiger partial charge is 0.870 e. The number of hydrogen-bond acceptors (Lipinski definition) is 3. The molecule has 48 valence electrons. The standard InChI is InChI=1S/CBF3O3.2Li/c3-1(4,5)8-2(6)7;;/q-2;2*+1. The molecule has 0 bridgehead atoms. The zero-order valence-corrected chi connectivity index (χ0v) is 5.44. The fourth-order valence-electron chi connectivity index (χ4n) is 0.109. The molecule has 0 aromatic rings. The molecule has 0 radical (unpaired) electrons. The fraction of sp³-hybridized carbons (Fsp3) is 1.00. The molecule has 0 N–H and O–H groups in total. The summed E-state index contributed by atoms with van der Waals surface area (Å²) in [5, 5.41) is 18.1. The minimum atomic E-state index is -5.10. The molecule has 0 rings (SSSR count). The second-order valence-corrected chi connectivity index (χ2v) is 0.852. The Balaban J connectivity index is -0.000000245. The Morgan fingerprint density at radius 2 is 1.40 bits per heavy atom. The fourth-order valence-corrected chi connectivity index (χ4v) is 0.109. The van der Waals surface area contributed by atoms with Gasteiger partial charge >= 0.3 is 44.1 Å². The van der Waals surface area contributed by atoms with Crippen LogP contribution in [0, 0.1) is 0 Å². The molecule has 9 heteroatoms. The van der Waals surface area contributed by atoms with Gasteiger partial charge in [0, 0.05) is 0 Å². The van der Waals surface area contributed by atoms with Crippen molar-refractivity contribution in [1.82, 2.24) is 0 Å². The van der Waals surface area contributed by atoms with Gasteiger partial charge in [-0.05, 0) is 0 Å².